The summed E-state index contributed by atoms with van der Waals surface area (Å²) in [7, 11) is 0. The van der Waals surface area contributed by atoms with E-state index in [1.807, 2.05) is 12.1 Å². The number of alkyl halides is 2. The highest BCUT2D eigenvalue weighted by Gasteiger charge is 2.31. The van der Waals surface area contributed by atoms with Gasteiger partial charge in [0.2, 0.25) is 5.91 Å². The molecule has 0 saturated heterocycles. The van der Waals surface area contributed by atoms with Crippen LogP contribution in [0.2, 0.25) is 0 Å². The number of carbonyl (C=O) groups excluding carboxylic acids is 2. The SMILES string of the molecule is NC(=O)C1Cc2ccccc2N(C(=O)c2cccc(C(F)F)c2)C1. The van der Waals surface area contributed by atoms with E-state index in [9.17, 15) is 18.4 Å². The molecule has 0 aromatic heterocycles. The van der Waals surface area contributed by atoms with E-state index in [0.717, 1.165) is 5.56 Å². The van der Waals surface area contributed by atoms with Gasteiger partial charge in [-0.3, -0.25) is 9.59 Å². The summed E-state index contributed by atoms with van der Waals surface area (Å²) in [5.74, 6) is -1.40. The van der Waals surface area contributed by atoms with Crippen molar-refractivity contribution < 1.29 is 18.4 Å². The molecule has 1 aliphatic rings. The molecule has 3 rings (SSSR count). The maximum atomic E-state index is 12.9. The first kappa shape index (κ1) is 16.1. The van der Waals surface area contributed by atoms with Gasteiger partial charge in [-0.05, 0) is 30.2 Å². The quantitative estimate of drug-likeness (QED) is 0.940. The summed E-state index contributed by atoms with van der Waals surface area (Å²) >= 11 is 0. The Morgan fingerprint density at radius 2 is 1.88 bits per heavy atom. The van der Waals surface area contributed by atoms with Crippen LogP contribution in [0.4, 0.5) is 14.5 Å². The summed E-state index contributed by atoms with van der Waals surface area (Å²) in [5, 5.41) is 0. The van der Waals surface area contributed by atoms with Gasteiger partial charge in [0.1, 0.15) is 0 Å². The summed E-state index contributed by atoms with van der Waals surface area (Å²) in [6, 6.07) is 12.6. The highest BCUT2D eigenvalue weighted by atomic mass is 19.3. The molecule has 0 saturated carbocycles. The minimum absolute atomic E-state index is 0.143. The zero-order valence-corrected chi connectivity index (χ0v) is 12.8. The maximum Gasteiger partial charge on any atom is 0.263 e. The van der Waals surface area contributed by atoms with Crippen molar-refractivity contribution >= 4 is 17.5 Å². The third-order valence-electron chi connectivity index (χ3n) is 4.18. The minimum atomic E-state index is -2.65. The monoisotopic (exact) mass is 330 g/mol. The average Bonchev–Trinajstić information content (AvgIpc) is 2.60. The molecule has 1 unspecified atom stereocenters. The van der Waals surface area contributed by atoms with Crippen molar-refractivity contribution in [3.05, 3.63) is 65.2 Å². The number of rotatable bonds is 3. The number of fused-ring (bicyclic) bond motifs is 1. The van der Waals surface area contributed by atoms with Gasteiger partial charge in [-0.25, -0.2) is 8.78 Å². The molecule has 0 aliphatic carbocycles. The number of amides is 2. The van der Waals surface area contributed by atoms with Gasteiger partial charge in [0.25, 0.3) is 12.3 Å². The average molecular weight is 330 g/mol. The first-order valence-corrected chi connectivity index (χ1v) is 7.54. The van der Waals surface area contributed by atoms with Crippen LogP contribution in [0.5, 0.6) is 0 Å². The number of primary amides is 1. The lowest BCUT2D eigenvalue weighted by molar-refractivity contribution is -0.121. The summed E-state index contributed by atoms with van der Waals surface area (Å²) in [4.78, 5) is 25.9. The number of nitrogens with two attached hydrogens (primary N) is 1. The summed E-state index contributed by atoms with van der Waals surface area (Å²) < 4.78 is 25.7. The second-order valence-corrected chi connectivity index (χ2v) is 5.77. The van der Waals surface area contributed by atoms with E-state index in [0.29, 0.717) is 12.1 Å². The van der Waals surface area contributed by atoms with E-state index in [4.69, 9.17) is 5.73 Å². The normalized spacial score (nSPS) is 16.8. The number of benzene rings is 2. The Balaban J connectivity index is 1.99. The van der Waals surface area contributed by atoms with E-state index in [2.05, 4.69) is 0 Å². The summed E-state index contributed by atoms with van der Waals surface area (Å²) in [5.41, 5.74) is 6.88. The lowest BCUT2D eigenvalue weighted by atomic mass is 9.91. The maximum absolute atomic E-state index is 12.9. The Morgan fingerprint density at radius 3 is 2.58 bits per heavy atom. The molecule has 0 bridgehead atoms. The number of nitrogens with zero attached hydrogens (tertiary/aromatic N) is 1. The standard InChI is InChI=1S/C18H16F2N2O2/c19-16(20)12-5-3-6-13(9-12)18(24)22-10-14(17(21)23)8-11-4-1-2-7-15(11)22/h1-7,9,14,16H,8,10H2,(H2,21,23). The van der Waals surface area contributed by atoms with Crippen LogP contribution >= 0.6 is 0 Å². The predicted molar refractivity (Wildman–Crippen MR) is 85.9 cm³/mol. The first-order valence-electron chi connectivity index (χ1n) is 7.54. The lowest BCUT2D eigenvalue weighted by Crippen LogP contribution is -2.44. The Morgan fingerprint density at radius 1 is 1.12 bits per heavy atom. The van der Waals surface area contributed by atoms with Crippen LogP contribution in [0.25, 0.3) is 0 Å². The molecule has 2 N–H and O–H groups in total. The number of hydrogen-bond donors (Lipinski definition) is 1. The molecule has 1 atom stereocenters. The van der Waals surface area contributed by atoms with E-state index >= 15 is 0 Å². The van der Waals surface area contributed by atoms with E-state index in [-0.39, 0.29) is 17.7 Å². The van der Waals surface area contributed by atoms with E-state index < -0.39 is 24.2 Å². The second kappa shape index (κ2) is 6.39. The van der Waals surface area contributed by atoms with Crippen molar-refractivity contribution in [2.45, 2.75) is 12.8 Å². The van der Waals surface area contributed by atoms with Crippen LogP contribution in [0.3, 0.4) is 0 Å². The highest BCUT2D eigenvalue weighted by Crippen LogP contribution is 2.31. The molecule has 0 radical (unpaired) electrons. The molecular formula is C18H16F2N2O2. The molecule has 124 valence electrons. The lowest BCUT2D eigenvalue weighted by Gasteiger charge is -2.33. The second-order valence-electron chi connectivity index (χ2n) is 5.77. The number of anilines is 1. The number of halogens is 2. The van der Waals surface area contributed by atoms with Crippen molar-refractivity contribution in [3.63, 3.8) is 0 Å². The van der Waals surface area contributed by atoms with Gasteiger partial charge in [-0.2, -0.15) is 0 Å². The molecule has 0 fully saturated rings. The van der Waals surface area contributed by atoms with Gasteiger partial charge in [0, 0.05) is 23.4 Å². The fraction of sp³-hybridized carbons (Fsp3) is 0.222. The molecule has 1 heterocycles. The Hall–Kier alpha value is -2.76. The fourth-order valence-electron chi connectivity index (χ4n) is 2.94. The fourth-order valence-corrected chi connectivity index (χ4v) is 2.94. The Kier molecular flexibility index (Phi) is 4.29. The minimum Gasteiger partial charge on any atom is -0.369 e. The molecular weight excluding hydrogens is 314 g/mol. The largest absolute Gasteiger partial charge is 0.369 e. The molecule has 0 spiro atoms. The Labute approximate surface area is 137 Å². The van der Waals surface area contributed by atoms with Crippen molar-refractivity contribution in [1.82, 2.24) is 0 Å². The van der Waals surface area contributed by atoms with Crippen LogP contribution in [0, 0.1) is 5.92 Å². The van der Waals surface area contributed by atoms with Crippen LogP contribution in [-0.2, 0) is 11.2 Å². The van der Waals surface area contributed by atoms with Crippen molar-refractivity contribution in [1.29, 1.82) is 0 Å². The van der Waals surface area contributed by atoms with Gasteiger partial charge in [-0.1, -0.05) is 30.3 Å². The van der Waals surface area contributed by atoms with E-state index in [1.54, 1.807) is 12.1 Å². The van der Waals surface area contributed by atoms with Crippen molar-refractivity contribution in [3.8, 4) is 0 Å². The third-order valence-corrected chi connectivity index (χ3v) is 4.18. The van der Waals surface area contributed by atoms with Crippen LogP contribution < -0.4 is 10.6 Å². The zero-order valence-electron chi connectivity index (χ0n) is 12.8. The van der Waals surface area contributed by atoms with Crippen LogP contribution in [0.15, 0.2) is 48.5 Å². The topological polar surface area (TPSA) is 63.4 Å². The predicted octanol–water partition coefficient (Wildman–Crippen LogP) is 2.93. The van der Waals surface area contributed by atoms with Crippen molar-refractivity contribution in [2.24, 2.45) is 11.7 Å². The summed E-state index contributed by atoms with van der Waals surface area (Å²) in [6.07, 6.45) is -2.18. The summed E-state index contributed by atoms with van der Waals surface area (Å²) in [6.45, 7) is 0.143. The van der Waals surface area contributed by atoms with Crippen LogP contribution in [-0.4, -0.2) is 18.4 Å². The zero-order chi connectivity index (χ0) is 17.3. The number of carbonyl (C=O) groups is 2. The van der Waals surface area contributed by atoms with Gasteiger partial charge >= 0.3 is 0 Å². The van der Waals surface area contributed by atoms with Crippen LogP contribution in [0.1, 0.15) is 27.9 Å². The molecule has 1 aliphatic heterocycles. The third kappa shape index (κ3) is 2.99. The molecule has 2 aromatic rings. The molecule has 4 nitrogen and oxygen atoms in total. The van der Waals surface area contributed by atoms with E-state index in [1.165, 1.54) is 29.2 Å². The molecule has 24 heavy (non-hydrogen) atoms. The number of hydrogen-bond acceptors (Lipinski definition) is 2. The smallest absolute Gasteiger partial charge is 0.263 e. The van der Waals surface area contributed by atoms with Crippen molar-refractivity contribution in [2.75, 3.05) is 11.4 Å². The highest BCUT2D eigenvalue weighted by molar-refractivity contribution is 6.07. The van der Waals surface area contributed by atoms with Gasteiger partial charge in [0.15, 0.2) is 0 Å². The molecule has 6 heteroatoms. The van der Waals surface area contributed by atoms with Gasteiger partial charge in [0.05, 0.1) is 5.92 Å². The first-order chi connectivity index (χ1) is 11.5. The molecule has 2 aromatic carbocycles. The van der Waals surface area contributed by atoms with Gasteiger partial charge in [-0.15, -0.1) is 0 Å². The Bertz CT molecular complexity index is 792. The number of para-hydroxylation sites is 1. The van der Waals surface area contributed by atoms with Gasteiger partial charge < -0.3 is 10.6 Å². The molecule has 2 amide bonds.